The first-order chi connectivity index (χ1) is 7.27. The Morgan fingerprint density at radius 1 is 1.20 bits per heavy atom. The summed E-state index contributed by atoms with van der Waals surface area (Å²) in [6, 6.07) is 0. The van der Waals surface area contributed by atoms with Crippen molar-refractivity contribution in [2.24, 2.45) is 5.41 Å². The maximum Gasteiger partial charge on any atom is 0.187 e. The topological polar surface area (TPSA) is 33.7 Å². The Labute approximate surface area is 90.9 Å². The van der Waals surface area contributed by atoms with Crippen molar-refractivity contribution in [1.29, 1.82) is 0 Å². The molecular weight excluding hydrogens is 192 g/mol. The zero-order chi connectivity index (χ0) is 10.4. The molecule has 0 aromatic heterocycles. The first-order valence-corrected chi connectivity index (χ1v) is 5.94. The summed E-state index contributed by atoms with van der Waals surface area (Å²) in [7, 11) is 2.19. The summed E-state index contributed by atoms with van der Waals surface area (Å²) in [5, 5.41) is 3.41. The molecule has 4 nitrogen and oxygen atoms in total. The molecule has 0 radical (unpaired) electrons. The van der Waals surface area contributed by atoms with Gasteiger partial charge in [0.25, 0.3) is 0 Å². The Morgan fingerprint density at radius 3 is 2.67 bits per heavy atom. The Morgan fingerprint density at radius 2 is 2.00 bits per heavy atom. The number of hydrogen-bond donors (Lipinski definition) is 1. The van der Waals surface area contributed by atoms with Crippen LogP contribution in [0.25, 0.3) is 0 Å². The molecule has 1 N–H and O–H groups in total. The summed E-state index contributed by atoms with van der Waals surface area (Å²) in [6.45, 7) is 5.77. The van der Waals surface area contributed by atoms with Crippen molar-refractivity contribution >= 4 is 0 Å². The van der Waals surface area contributed by atoms with E-state index in [4.69, 9.17) is 9.47 Å². The van der Waals surface area contributed by atoms with Gasteiger partial charge in [0, 0.05) is 12.0 Å². The lowest BCUT2D eigenvalue weighted by molar-refractivity contribution is -0.242. The summed E-state index contributed by atoms with van der Waals surface area (Å²) in [5.74, 6) is -0.323. The van der Waals surface area contributed by atoms with Crippen LogP contribution in [0.1, 0.15) is 12.8 Å². The summed E-state index contributed by atoms with van der Waals surface area (Å²) >= 11 is 0. The number of nitrogens with zero attached hydrogens (tertiary/aromatic N) is 1. The average Bonchev–Trinajstić information content (AvgIpc) is 2.81. The maximum absolute atomic E-state index is 5.96. The van der Waals surface area contributed by atoms with Gasteiger partial charge in [0.2, 0.25) is 0 Å². The van der Waals surface area contributed by atoms with E-state index in [9.17, 15) is 0 Å². The van der Waals surface area contributed by atoms with Gasteiger partial charge in [-0.2, -0.15) is 0 Å². The van der Waals surface area contributed by atoms with Crippen molar-refractivity contribution in [3.8, 4) is 0 Å². The highest BCUT2D eigenvalue weighted by atomic mass is 16.7. The fourth-order valence-corrected chi connectivity index (χ4v) is 3.42. The number of hydrogen-bond acceptors (Lipinski definition) is 4. The molecule has 1 unspecified atom stereocenters. The molecule has 3 heterocycles. The van der Waals surface area contributed by atoms with Crippen LogP contribution in [-0.2, 0) is 9.47 Å². The molecule has 4 heteroatoms. The van der Waals surface area contributed by atoms with Crippen LogP contribution in [0.15, 0.2) is 0 Å². The van der Waals surface area contributed by atoms with Crippen LogP contribution in [-0.4, -0.2) is 57.1 Å². The van der Waals surface area contributed by atoms with Crippen LogP contribution in [0.5, 0.6) is 0 Å². The smallest absolute Gasteiger partial charge is 0.187 e. The SMILES string of the molecule is CN1CCC2(CCNCC23OCCO3)C1. The Balaban J connectivity index is 1.90. The highest BCUT2D eigenvalue weighted by Crippen LogP contribution is 2.48. The molecule has 2 spiro atoms. The second-order valence-electron chi connectivity index (χ2n) is 5.14. The minimum Gasteiger partial charge on any atom is -0.346 e. The standard InChI is InChI=1S/C11H20N2O2/c1-13-5-3-10(9-13)2-4-12-8-11(10)14-6-7-15-11/h12H,2-9H2,1H3. The van der Waals surface area contributed by atoms with E-state index >= 15 is 0 Å². The van der Waals surface area contributed by atoms with Crippen molar-refractivity contribution in [2.75, 3.05) is 46.4 Å². The van der Waals surface area contributed by atoms with Crippen LogP contribution in [0.2, 0.25) is 0 Å². The van der Waals surface area contributed by atoms with Crippen molar-refractivity contribution in [2.45, 2.75) is 18.6 Å². The Hall–Kier alpha value is -0.160. The van der Waals surface area contributed by atoms with Crippen molar-refractivity contribution in [3.05, 3.63) is 0 Å². The maximum atomic E-state index is 5.96. The van der Waals surface area contributed by atoms with Gasteiger partial charge in [0.15, 0.2) is 5.79 Å². The number of fused-ring (bicyclic) bond motifs is 1. The van der Waals surface area contributed by atoms with Crippen LogP contribution < -0.4 is 5.32 Å². The second kappa shape index (κ2) is 3.42. The normalized spacial score (nSPS) is 40.6. The van der Waals surface area contributed by atoms with E-state index in [2.05, 4.69) is 17.3 Å². The van der Waals surface area contributed by atoms with Crippen molar-refractivity contribution in [1.82, 2.24) is 10.2 Å². The number of nitrogens with one attached hydrogen (secondary N) is 1. The van der Waals surface area contributed by atoms with E-state index < -0.39 is 0 Å². The lowest BCUT2D eigenvalue weighted by Gasteiger charge is -2.47. The predicted octanol–water partition coefficient (Wildman–Crippen LogP) is 0.0447. The van der Waals surface area contributed by atoms with Crippen LogP contribution >= 0.6 is 0 Å². The molecule has 0 aromatic carbocycles. The molecule has 3 aliphatic rings. The third-order valence-corrected chi connectivity index (χ3v) is 4.24. The van der Waals surface area contributed by atoms with Gasteiger partial charge in [0.1, 0.15) is 0 Å². The molecule has 3 rings (SSSR count). The van der Waals surface area contributed by atoms with Gasteiger partial charge < -0.3 is 19.7 Å². The van der Waals surface area contributed by atoms with Crippen LogP contribution in [0, 0.1) is 5.41 Å². The van der Waals surface area contributed by atoms with Gasteiger partial charge in [-0.15, -0.1) is 0 Å². The van der Waals surface area contributed by atoms with E-state index in [-0.39, 0.29) is 11.2 Å². The minimum atomic E-state index is -0.323. The fourth-order valence-electron chi connectivity index (χ4n) is 3.42. The van der Waals surface area contributed by atoms with Gasteiger partial charge in [-0.3, -0.25) is 0 Å². The second-order valence-corrected chi connectivity index (χ2v) is 5.14. The molecule has 3 aliphatic heterocycles. The quantitative estimate of drug-likeness (QED) is 0.615. The third-order valence-electron chi connectivity index (χ3n) is 4.24. The number of piperidine rings is 1. The summed E-state index contributed by atoms with van der Waals surface area (Å²) < 4.78 is 11.9. The van der Waals surface area contributed by atoms with Gasteiger partial charge in [-0.05, 0) is 33.0 Å². The van der Waals surface area contributed by atoms with E-state index in [1.807, 2.05) is 0 Å². The molecule has 0 bridgehead atoms. The zero-order valence-electron chi connectivity index (χ0n) is 9.42. The molecule has 0 saturated carbocycles. The molecule has 15 heavy (non-hydrogen) atoms. The number of likely N-dealkylation sites (tertiary alicyclic amines) is 1. The monoisotopic (exact) mass is 212 g/mol. The summed E-state index contributed by atoms with van der Waals surface area (Å²) in [6.07, 6.45) is 2.39. The zero-order valence-corrected chi connectivity index (χ0v) is 9.42. The third kappa shape index (κ3) is 1.35. The first-order valence-electron chi connectivity index (χ1n) is 5.94. The van der Waals surface area contributed by atoms with Crippen molar-refractivity contribution < 1.29 is 9.47 Å². The lowest BCUT2D eigenvalue weighted by Crippen LogP contribution is -2.61. The van der Waals surface area contributed by atoms with Gasteiger partial charge in [-0.25, -0.2) is 0 Å². The van der Waals surface area contributed by atoms with E-state index in [0.717, 1.165) is 32.8 Å². The van der Waals surface area contributed by atoms with Crippen LogP contribution in [0.3, 0.4) is 0 Å². The first kappa shape index (κ1) is 10.0. The molecule has 0 amide bonds. The Bertz CT molecular complexity index is 249. The lowest BCUT2D eigenvalue weighted by atomic mass is 9.73. The highest BCUT2D eigenvalue weighted by molar-refractivity contribution is 5.05. The summed E-state index contributed by atoms with van der Waals surface area (Å²) in [5.41, 5.74) is 0.240. The van der Waals surface area contributed by atoms with E-state index in [1.54, 1.807) is 0 Å². The fraction of sp³-hybridized carbons (Fsp3) is 1.00. The molecular formula is C11H20N2O2. The molecule has 0 aliphatic carbocycles. The van der Waals surface area contributed by atoms with Crippen molar-refractivity contribution in [3.63, 3.8) is 0 Å². The molecule has 0 aromatic rings. The van der Waals surface area contributed by atoms with E-state index in [0.29, 0.717) is 0 Å². The predicted molar refractivity (Wildman–Crippen MR) is 56.7 cm³/mol. The molecule has 86 valence electrons. The molecule has 1 atom stereocenters. The van der Waals surface area contributed by atoms with E-state index in [1.165, 1.54) is 19.4 Å². The number of rotatable bonds is 0. The van der Waals surface area contributed by atoms with Gasteiger partial charge >= 0.3 is 0 Å². The largest absolute Gasteiger partial charge is 0.346 e. The molecule has 3 fully saturated rings. The Kier molecular flexibility index (Phi) is 2.28. The molecule has 3 saturated heterocycles. The summed E-state index contributed by atoms with van der Waals surface area (Å²) in [4.78, 5) is 2.40. The average molecular weight is 212 g/mol. The van der Waals surface area contributed by atoms with Gasteiger partial charge in [-0.1, -0.05) is 0 Å². The highest BCUT2D eigenvalue weighted by Gasteiger charge is 2.59. The minimum absolute atomic E-state index is 0.240. The van der Waals surface area contributed by atoms with Gasteiger partial charge in [0.05, 0.1) is 19.8 Å². The van der Waals surface area contributed by atoms with Crippen LogP contribution in [0.4, 0.5) is 0 Å². The number of ether oxygens (including phenoxy) is 2.